The van der Waals surface area contributed by atoms with Gasteiger partial charge in [-0.2, -0.15) is 17.4 Å². The Kier molecular flexibility index (Phi) is 8.71. The van der Waals surface area contributed by atoms with Gasteiger partial charge in [0.15, 0.2) is 0 Å². The third-order valence-electron chi connectivity index (χ3n) is 2.38. The van der Waals surface area contributed by atoms with E-state index in [-0.39, 0.29) is 6.04 Å². The Morgan fingerprint density at radius 2 is 1.89 bits per heavy atom. The van der Waals surface area contributed by atoms with Gasteiger partial charge in [-0.3, -0.25) is 0 Å². The van der Waals surface area contributed by atoms with Crippen LogP contribution in [0.3, 0.4) is 0 Å². The van der Waals surface area contributed by atoms with Gasteiger partial charge in [0.05, 0.1) is 6.61 Å². The highest BCUT2D eigenvalue weighted by Crippen LogP contribution is 1.98. The predicted octanol–water partition coefficient (Wildman–Crippen LogP) is 0.176. The lowest BCUT2D eigenvalue weighted by Gasteiger charge is -2.21. The smallest absolute Gasteiger partial charge is 0.279 e. The average Bonchev–Trinajstić information content (AvgIpc) is 2.23. The number of rotatable bonds is 10. The van der Waals surface area contributed by atoms with E-state index in [1.807, 2.05) is 0 Å². The molecule has 0 saturated carbocycles. The van der Waals surface area contributed by atoms with Crippen molar-refractivity contribution in [3.8, 4) is 0 Å². The van der Waals surface area contributed by atoms with Crippen molar-refractivity contribution in [2.24, 2.45) is 0 Å². The zero-order valence-corrected chi connectivity index (χ0v) is 12.9. The highest BCUT2D eigenvalue weighted by Gasteiger charge is 2.19. The highest BCUT2D eigenvalue weighted by molar-refractivity contribution is 7.87. The molecule has 0 amide bonds. The lowest BCUT2D eigenvalue weighted by atomic mass is 10.3. The molecule has 0 aliphatic carbocycles. The largest absolute Gasteiger partial charge is 0.383 e. The molecule has 0 radical (unpaired) electrons. The third-order valence-corrected chi connectivity index (χ3v) is 4.08. The number of nitrogens with zero attached hydrogens (tertiary/aromatic N) is 1. The number of ether oxygens (including phenoxy) is 1. The van der Waals surface area contributed by atoms with E-state index in [1.54, 1.807) is 21.1 Å². The Bertz CT molecular complexity index is 307. The molecule has 110 valence electrons. The van der Waals surface area contributed by atoms with Gasteiger partial charge in [0.1, 0.15) is 0 Å². The van der Waals surface area contributed by atoms with Crippen LogP contribution in [0.4, 0.5) is 0 Å². The number of nitrogens with one attached hydrogen (secondary N) is 2. The molecule has 0 aliphatic heterocycles. The Morgan fingerprint density at radius 3 is 2.39 bits per heavy atom. The molecule has 1 unspecified atom stereocenters. The quantitative estimate of drug-likeness (QED) is 0.560. The maximum atomic E-state index is 11.9. The van der Waals surface area contributed by atoms with Gasteiger partial charge in [0.2, 0.25) is 0 Å². The molecule has 0 aromatic heterocycles. The highest BCUT2D eigenvalue weighted by atomic mass is 32.2. The van der Waals surface area contributed by atoms with E-state index in [2.05, 4.69) is 23.9 Å². The minimum absolute atomic E-state index is 0.226. The van der Waals surface area contributed by atoms with Crippen LogP contribution in [0.1, 0.15) is 27.2 Å². The second-order valence-electron chi connectivity index (χ2n) is 4.76. The topological polar surface area (TPSA) is 70.7 Å². The van der Waals surface area contributed by atoms with Crippen molar-refractivity contribution in [1.82, 2.24) is 14.3 Å². The van der Waals surface area contributed by atoms with Crippen LogP contribution in [-0.4, -0.2) is 58.7 Å². The second kappa shape index (κ2) is 8.82. The van der Waals surface area contributed by atoms with E-state index < -0.39 is 10.2 Å². The number of methoxy groups -OCH3 is 1. The first-order chi connectivity index (χ1) is 8.29. The summed E-state index contributed by atoms with van der Waals surface area (Å²) in [6.45, 7) is 7.57. The Hall–Kier alpha value is -0.210. The summed E-state index contributed by atoms with van der Waals surface area (Å²) < 4.78 is 32.6. The summed E-state index contributed by atoms with van der Waals surface area (Å²) in [4.78, 5) is 0. The predicted molar refractivity (Wildman–Crippen MR) is 73.8 cm³/mol. The fourth-order valence-electron chi connectivity index (χ4n) is 1.44. The number of hydrogen-bond donors (Lipinski definition) is 2. The van der Waals surface area contributed by atoms with Crippen LogP contribution < -0.4 is 10.0 Å². The van der Waals surface area contributed by atoms with E-state index in [9.17, 15) is 8.42 Å². The minimum atomic E-state index is -3.41. The van der Waals surface area contributed by atoms with Gasteiger partial charge < -0.3 is 10.1 Å². The number of hydrogen-bond acceptors (Lipinski definition) is 4. The van der Waals surface area contributed by atoms with Crippen LogP contribution in [0.15, 0.2) is 0 Å². The van der Waals surface area contributed by atoms with Crippen LogP contribution >= 0.6 is 0 Å². The molecular formula is C11H27N3O3S. The summed E-state index contributed by atoms with van der Waals surface area (Å²) in [5.41, 5.74) is 0. The van der Waals surface area contributed by atoms with Crippen molar-refractivity contribution in [1.29, 1.82) is 0 Å². The van der Waals surface area contributed by atoms with Gasteiger partial charge >= 0.3 is 0 Å². The molecule has 0 aromatic rings. The van der Waals surface area contributed by atoms with Crippen molar-refractivity contribution in [3.05, 3.63) is 0 Å². The molecule has 2 N–H and O–H groups in total. The minimum Gasteiger partial charge on any atom is -0.383 e. The van der Waals surface area contributed by atoms with E-state index in [0.717, 1.165) is 13.0 Å². The van der Waals surface area contributed by atoms with Gasteiger partial charge in [-0.25, -0.2) is 0 Å². The van der Waals surface area contributed by atoms with E-state index in [1.165, 1.54) is 4.31 Å². The zero-order chi connectivity index (χ0) is 14.2. The average molecular weight is 281 g/mol. The fourth-order valence-corrected chi connectivity index (χ4v) is 2.57. The molecule has 0 aliphatic rings. The molecule has 18 heavy (non-hydrogen) atoms. The first-order valence-electron chi connectivity index (χ1n) is 6.25. The molecule has 0 fully saturated rings. The van der Waals surface area contributed by atoms with Crippen molar-refractivity contribution < 1.29 is 13.2 Å². The first-order valence-corrected chi connectivity index (χ1v) is 7.69. The monoisotopic (exact) mass is 281 g/mol. The lowest BCUT2D eigenvalue weighted by Crippen LogP contribution is -2.44. The normalized spacial score (nSPS) is 14.4. The van der Waals surface area contributed by atoms with Crippen LogP contribution in [0.5, 0.6) is 0 Å². The summed E-state index contributed by atoms with van der Waals surface area (Å²) in [6.07, 6.45) is 0.786. The molecule has 0 heterocycles. The van der Waals surface area contributed by atoms with Gasteiger partial charge in [0, 0.05) is 32.8 Å². The van der Waals surface area contributed by atoms with E-state index in [0.29, 0.717) is 19.2 Å². The molecule has 0 spiro atoms. The summed E-state index contributed by atoms with van der Waals surface area (Å²) in [7, 11) is -0.279. The van der Waals surface area contributed by atoms with Gasteiger partial charge in [-0.1, -0.05) is 13.8 Å². The van der Waals surface area contributed by atoms with E-state index in [4.69, 9.17) is 4.74 Å². The molecule has 0 aromatic carbocycles. The maximum Gasteiger partial charge on any atom is 0.279 e. The van der Waals surface area contributed by atoms with Crippen molar-refractivity contribution in [2.75, 3.05) is 33.9 Å². The standard InChI is InChI=1S/C11H27N3O3S/c1-10(2)12-7-6-8-14(4)18(15,16)13-11(3)9-17-5/h10-13H,6-9H2,1-5H3. The summed E-state index contributed by atoms with van der Waals surface area (Å²) in [5, 5.41) is 3.25. The lowest BCUT2D eigenvalue weighted by molar-refractivity contribution is 0.179. The van der Waals surface area contributed by atoms with Crippen molar-refractivity contribution >= 4 is 10.2 Å². The molecule has 6 nitrogen and oxygen atoms in total. The van der Waals surface area contributed by atoms with Gasteiger partial charge in [-0.05, 0) is 19.9 Å². The second-order valence-corrected chi connectivity index (χ2v) is 6.57. The van der Waals surface area contributed by atoms with Crippen LogP contribution in [0.2, 0.25) is 0 Å². The Balaban J connectivity index is 4.02. The first kappa shape index (κ1) is 17.8. The van der Waals surface area contributed by atoms with E-state index >= 15 is 0 Å². The Labute approximate surface area is 111 Å². The molecule has 0 saturated heterocycles. The molecular weight excluding hydrogens is 254 g/mol. The van der Waals surface area contributed by atoms with Gasteiger partial charge in [0.25, 0.3) is 10.2 Å². The molecule has 0 bridgehead atoms. The molecule has 1 atom stereocenters. The summed E-state index contributed by atoms with van der Waals surface area (Å²) >= 11 is 0. The SMILES string of the molecule is COCC(C)NS(=O)(=O)N(C)CCCNC(C)C. The third kappa shape index (κ3) is 7.99. The Morgan fingerprint density at radius 1 is 1.28 bits per heavy atom. The maximum absolute atomic E-state index is 11.9. The van der Waals surface area contributed by atoms with Crippen molar-refractivity contribution in [3.63, 3.8) is 0 Å². The molecule has 7 heteroatoms. The van der Waals surface area contributed by atoms with Crippen LogP contribution in [0, 0.1) is 0 Å². The van der Waals surface area contributed by atoms with Crippen molar-refractivity contribution in [2.45, 2.75) is 39.3 Å². The van der Waals surface area contributed by atoms with Gasteiger partial charge in [-0.15, -0.1) is 0 Å². The summed E-state index contributed by atoms with van der Waals surface area (Å²) in [6, 6.07) is 0.197. The van der Waals surface area contributed by atoms with Crippen LogP contribution in [0.25, 0.3) is 0 Å². The fraction of sp³-hybridized carbons (Fsp3) is 1.00. The zero-order valence-electron chi connectivity index (χ0n) is 12.1. The molecule has 0 rings (SSSR count). The summed E-state index contributed by atoms with van der Waals surface area (Å²) in [5.74, 6) is 0. The van der Waals surface area contributed by atoms with Crippen LogP contribution in [-0.2, 0) is 14.9 Å².